The molecule has 1 aromatic heterocycles. The summed E-state index contributed by atoms with van der Waals surface area (Å²) in [6.45, 7) is 2.98. The van der Waals surface area contributed by atoms with E-state index in [0.29, 0.717) is 17.3 Å². The Morgan fingerprint density at radius 2 is 2.35 bits per heavy atom. The van der Waals surface area contributed by atoms with E-state index in [1.807, 2.05) is 6.92 Å². The van der Waals surface area contributed by atoms with Gasteiger partial charge in [-0.15, -0.1) is 0 Å². The Morgan fingerprint density at radius 3 is 3.10 bits per heavy atom. The van der Waals surface area contributed by atoms with Crippen molar-refractivity contribution in [2.45, 2.75) is 31.7 Å². The van der Waals surface area contributed by atoms with Gasteiger partial charge in [0.15, 0.2) is 5.82 Å². The summed E-state index contributed by atoms with van der Waals surface area (Å²) in [7, 11) is 0. The lowest BCUT2D eigenvalue weighted by atomic mass is 10.0. The van der Waals surface area contributed by atoms with Crippen LogP contribution in [0, 0.1) is 5.82 Å². The molecule has 0 amide bonds. The monoisotopic (exact) mass is 295 g/mol. The summed E-state index contributed by atoms with van der Waals surface area (Å²) in [5.74, 6) is 0.606. The van der Waals surface area contributed by atoms with Crippen LogP contribution < -0.4 is 5.32 Å². The van der Waals surface area contributed by atoms with Crippen molar-refractivity contribution >= 4 is 11.6 Å². The molecule has 1 unspecified atom stereocenters. The summed E-state index contributed by atoms with van der Waals surface area (Å²) in [5, 5.41) is 7.40. The third kappa shape index (κ3) is 2.43. The fourth-order valence-corrected chi connectivity index (χ4v) is 2.68. The summed E-state index contributed by atoms with van der Waals surface area (Å²) in [6, 6.07) is 4.90. The third-order valence-electron chi connectivity index (χ3n) is 3.69. The van der Waals surface area contributed by atoms with Crippen LogP contribution in [-0.2, 0) is 12.0 Å². The van der Waals surface area contributed by atoms with E-state index in [2.05, 4.69) is 15.5 Å². The maximum Gasteiger partial charge on any atom is 0.246 e. The van der Waals surface area contributed by atoms with Crippen LogP contribution in [0.1, 0.15) is 37.0 Å². The SMILES string of the molecule is CC1(c2nc(Cc3cccc(Cl)c3F)no2)CCCN1. The van der Waals surface area contributed by atoms with Crippen molar-refractivity contribution in [1.82, 2.24) is 15.5 Å². The summed E-state index contributed by atoms with van der Waals surface area (Å²) < 4.78 is 19.2. The normalized spacial score (nSPS) is 22.4. The zero-order valence-corrected chi connectivity index (χ0v) is 11.9. The minimum atomic E-state index is -0.425. The number of nitrogens with one attached hydrogen (secondary N) is 1. The second-order valence-electron chi connectivity index (χ2n) is 5.27. The quantitative estimate of drug-likeness (QED) is 0.945. The molecule has 106 valence electrons. The van der Waals surface area contributed by atoms with Gasteiger partial charge in [0.25, 0.3) is 0 Å². The molecule has 1 saturated heterocycles. The van der Waals surface area contributed by atoms with E-state index < -0.39 is 5.82 Å². The predicted molar refractivity (Wildman–Crippen MR) is 73.1 cm³/mol. The van der Waals surface area contributed by atoms with Gasteiger partial charge in [-0.05, 0) is 37.9 Å². The van der Waals surface area contributed by atoms with E-state index in [1.54, 1.807) is 12.1 Å². The van der Waals surface area contributed by atoms with Gasteiger partial charge in [0.05, 0.1) is 10.6 Å². The van der Waals surface area contributed by atoms with Crippen molar-refractivity contribution in [3.8, 4) is 0 Å². The molecule has 3 rings (SSSR count). The number of rotatable bonds is 3. The van der Waals surface area contributed by atoms with Gasteiger partial charge in [-0.2, -0.15) is 4.98 Å². The Kier molecular flexibility index (Phi) is 3.48. The first-order valence-electron chi connectivity index (χ1n) is 6.59. The van der Waals surface area contributed by atoms with Crippen molar-refractivity contribution in [1.29, 1.82) is 0 Å². The van der Waals surface area contributed by atoms with Crippen molar-refractivity contribution in [2.24, 2.45) is 0 Å². The molecule has 1 aliphatic heterocycles. The van der Waals surface area contributed by atoms with Crippen LogP contribution in [0.2, 0.25) is 5.02 Å². The second kappa shape index (κ2) is 5.14. The molecule has 1 atom stereocenters. The van der Waals surface area contributed by atoms with Crippen molar-refractivity contribution in [2.75, 3.05) is 6.54 Å². The highest BCUT2D eigenvalue weighted by Crippen LogP contribution is 2.29. The lowest BCUT2D eigenvalue weighted by Crippen LogP contribution is -2.33. The minimum Gasteiger partial charge on any atom is -0.337 e. The van der Waals surface area contributed by atoms with E-state index in [0.717, 1.165) is 19.4 Å². The van der Waals surface area contributed by atoms with Gasteiger partial charge in [0.2, 0.25) is 5.89 Å². The maximum absolute atomic E-state index is 13.8. The lowest BCUT2D eigenvalue weighted by Gasteiger charge is -2.18. The second-order valence-corrected chi connectivity index (χ2v) is 5.68. The van der Waals surface area contributed by atoms with Gasteiger partial charge < -0.3 is 9.84 Å². The number of nitrogens with zero attached hydrogens (tertiary/aromatic N) is 2. The summed E-state index contributed by atoms with van der Waals surface area (Å²) in [4.78, 5) is 4.38. The van der Waals surface area contributed by atoms with E-state index in [4.69, 9.17) is 16.1 Å². The van der Waals surface area contributed by atoms with Crippen LogP contribution >= 0.6 is 11.6 Å². The molecule has 1 aliphatic rings. The van der Waals surface area contributed by atoms with Gasteiger partial charge in [-0.1, -0.05) is 28.9 Å². The summed E-state index contributed by atoms with van der Waals surface area (Å²) >= 11 is 5.76. The van der Waals surface area contributed by atoms with Crippen molar-refractivity contribution < 1.29 is 8.91 Å². The van der Waals surface area contributed by atoms with E-state index in [1.165, 1.54) is 6.07 Å². The Morgan fingerprint density at radius 1 is 1.50 bits per heavy atom. The maximum atomic E-state index is 13.8. The Bertz CT molecular complexity index is 623. The average molecular weight is 296 g/mol. The summed E-state index contributed by atoms with van der Waals surface area (Å²) in [5.41, 5.74) is 0.201. The lowest BCUT2D eigenvalue weighted by molar-refractivity contribution is 0.274. The van der Waals surface area contributed by atoms with Crippen molar-refractivity contribution in [3.05, 3.63) is 46.3 Å². The third-order valence-corrected chi connectivity index (χ3v) is 3.98. The summed E-state index contributed by atoms with van der Waals surface area (Å²) in [6.07, 6.45) is 2.31. The molecule has 1 fully saturated rings. The molecule has 0 saturated carbocycles. The number of aromatic nitrogens is 2. The molecular formula is C14H15ClFN3O. The standard InChI is InChI=1S/C14H15ClFN3O/c1-14(6-3-7-17-14)13-18-11(19-20-13)8-9-4-2-5-10(15)12(9)16/h2,4-5,17H,3,6-8H2,1H3. The number of hydrogen-bond acceptors (Lipinski definition) is 4. The first kappa shape index (κ1) is 13.5. The van der Waals surface area contributed by atoms with Gasteiger partial charge in [0, 0.05) is 6.42 Å². The number of hydrogen-bond donors (Lipinski definition) is 1. The molecule has 0 bridgehead atoms. The van der Waals surface area contributed by atoms with Crippen LogP contribution in [0.4, 0.5) is 4.39 Å². The molecule has 0 aliphatic carbocycles. The Labute approximate surface area is 121 Å². The van der Waals surface area contributed by atoms with Crippen LogP contribution in [-0.4, -0.2) is 16.7 Å². The number of halogens is 2. The molecule has 20 heavy (non-hydrogen) atoms. The highest BCUT2D eigenvalue weighted by molar-refractivity contribution is 6.30. The van der Waals surface area contributed by atoms with Gasteiger partial charge >= 0.3 is 0 Å². The fraction of sp³-hybridized carbons (Fsp3) is 0.429. The first-order chi connectivity index (χ1) is 9.58. The smallest absolute Gasteiger partial charge is 0.246 e. The van der Waals surface area contributed by atoms with Crippen molar-refractivity contribution in [3.63, 3.8) is 0 Å². The van der Waals surface area contributed by atoms with Crippen LogP contribution in [0.3, 0.4) is 0 Å². The van der Waals surface area contributed by atoms with Gasteiger partial charge in [-0.3, -0.25) is 0 Å². The van der Waals surface area contributed by atoms with Gasteiger partial charge in [0.1, 0.15) is 5.82 Å². The van der Waals surface area contributed by atoms with E-state index in [9.17, 15) is 4.39 Å². The van der Waals surface area contributed by atoms with E-state index >= 15 is 0 Å². The van der Waals surface area contributed by atoms with Crippen LogP contribution in [0.5, 0.6) is 0 Å². The molecule has 2 aromatic rings. The zero-order chi connectivity index (χ0) is 14.2. The topological polar surface area (TPSA) is 51.0 Å². The van der Waals surface area contributed by atoms with Crippen LogP contribution in [0.15, 0.2) is 22.7 Å². The predicted octanol–water partition coefficient (Wildman–Crippen LogP) is 3.05. The minimum absolute atomic E-state index is 0.107. The zero-order valence-electron chi connectivity index (χ0n) is 11.1. The molecular weight excluding hydrogens is 281 g/mol. The van der Waals surface area contributed by atoms with Gasteiger partial charge in [-0.25, -0.2) is 4.39 Å². The number of benzene rings is 1. The molecule has 1 aromatic carbocycles. The van der Waals surface area contributed by atoms with Crippen LogP contribution in [0.25, 0.3) is 0 Å². The average Bonchev–Trinajstić information content (AvgIpc) is 3.05. The largest absolute Gasteiger partial charge is 0.337 e. The van der Waals surface area contributed by atoms with E-state index in [-0.39, 0.29) is 17.0 Å². The highest BCUT2D eigenvalue weighted by Gasteiger charge is 2.35. The Hall–Kier alpha value is -1.46. The molecule has 2 heterocycles. The fourth-order valence-electron chi connectivity index (χ4n) is 2.48. The highest BCUT2D eigenvalue weighted by atomic mass is 35.5. The first-order valence-corrected chi connectivity index (χ1v) is 6.97. The molecule has 0 radical (unpaired) electrons. The molecule has 0 spiro atoms. The molecule has 4 nitrogen and oxygen atoms in total. The molecule has 6 heteroatoms. The Balaban J connectivity index is 1.82. The molecule has 1 N–H and O–H groups in total.